The molecule has 1 aliphatic rings. The highest BCUT2D eigenvalue weighted by Gasteiger charge is 2.37. The Morgan fingerprint density at radius 1 is 1.13 bits per heavy atom. The maximum Gasteiger partial charge on any atom is 0.251 e. The van der Waals surface area contributed by atoms with Gasteiger partial charge in [0.2, 0.25) is 5.91 Å². The molecule has 1 aliphatic heterocycles. The number of benzene rings is 2. The molecule has 1 unspecified atom stereocenters. The summed E-state index contributed by atoms with van der Waals surface area (Å²) in [5.74, 6) is 0.837. The summed E-state index contributed by atoms with van der Waals surface area (Å²) in [6.45, 7) is 0.691. The Bertz CT molecular complexity index is 1080. The molecular weight excluding hydrogens is 396 g/mol. The molecule has 1 aromatic heterocycles. The quantitative estimate of drug-likeness (QED) is 0.584. The average Bonchev–Trinajstić information content (AvgIpc) is 3.28. The Hall–Kier alpha value is -3.65. The molecule has 2 aromatic carbocycles. The third-order valence-corrected chi connectivity index (χ3v) is 5.19. The van der Waals surface area contributed by atoms with Crippen molar-refractivity contribution in [2.45, 2.75) is 25.6 Å². The molecule has 3 aromatic rings. The molecule has 0 saturated heterocycles. The summed E-state index contributed by atoms with van der Waals surface area (Å²) < 4.78 is 12.1. The summed E-state index contributed by atoms with van der Waals surface area (Å²) in [5, 5.41) is 10.4. The second kappa shape index (κ2) is 9.01. The second-order valence-corrected chi connectivity index (χ2v) is 7.25. The SMILES string of the molecule is COCc1nn2c(c1-c1ccc(OC)cc1)NC(=O)C2CC(=O)NCc1ccccc1. The third-order valence-electron chi connectivity index (χ3n) is 5.19. The number of nitrogens with zero attached hydrogens (tertiary/aromatic N) is 2. The summed E-state index contributed by atoms with van der Waals surface area (Å²) in [6, 6.07) is 16.4. The van der Waals surface area contributed by atoms with Crippen molar-refractivity contribution in [2.75, 3.05) is 19.5 Å². The highest BCUT2D eigenvalue weighted by molar-refractivity contribution is 6.03. The van der Waals surface area contributed by atoms with Crippen molar-refractivity contribution < 1.29 is 19.1 Å². The average molecular weight is 420 g/mol. The van der Waals surface area contributed by atoms with Gasteiger partial charge >= 0.3 is 0 Å². The molecule has 0 fully saturated rings. The molecule has 31 heavy (non-hydrogen) atoms. The summed E-state index contributed by atoms with van der Waals surface area (Å²) in [7, 11) is 3.20. The number of carbonyl (C=O) groups excluding carboxylic acids is 2. The van der Waals surface area contributed by atoms with Gasteiger partial charge in [0, 0.05) is 19.2 Å². The molecule has 0 aliphatic carbocycles. The highest BCUT2D eigenvalue weighted by Crippen LogP contribution is 2.39. The zero-order chi connectivity index (χ0) is 21.8. The minimum absolute atomic E-state index is 0.00181. The van der Waals surface area contributed by atoms with Gasteiger partial charge in [-0.3, -0.25) is 9.59 Å². The number of carbonyl (C=O) groups is 2. The fourth-order valence-electron chi connectivity index (χ4n) is 3.66. The van der Waals surface area contributed by atoms with Gasteiger partial charge in [-0.1, -0.05) is 42.5 Å². The van der Waals surface area contributed by atoms with Crippen LogP contribution in [0.4, 0.5) is 5.82 Å². The number of amides is 2. The van der Waals surface area contributed by atoms with E-state index in [0.29, 0.717) is 18.1 Å². The van der Waals surface area contributed by atoms with E-state index in [2.05, 4.69) is 15.7 Å². The van der Waals surface area contributed by atoms with Crippen LogP contribution < -0.4 is 15.4 Å². The number of anilines is 1. The third kappa shape index (κ3) is 4.29. The summed E-state index contributed by atoms with van der Waals surface area (Å²) in [4.78, 5) is 25.2. The van der Waals surface area contributed by atoms with E-state index in [9.17, 15) is 9.59 Å². The number of hydrogen-bond donors (Lipinski definition) is 2. The summed E-state index contributed by atoms with van der Waals surface area (Å²) in [5.41, 5.74) is 3.35. The summed E-state index contributed by atoms with van der Waals surface area (Å²) in [6.07, 6.45) is 0.00181. The Morgan fingerprint density at radius 3 is 2.55 bits per heavy atom. The topological polar surface area (TPSA) is 94.5 Å². The number of hydrogen-bond acceptors (Lipinski definition) is 5. The second-order valence-electron chi connectivity index (χ2n) is 7.25. The standard InChI is InChI=1S/C23H24N4O4/c1-30-14-18-21(16-8-10-17(31-2)11-9-16)22-25-23(29)19(27(22)26-18)12-20(28)24-13-15-6-4-3-5-7-15/h3-11,19H,12-14H2,1-2H3,(H,24,28)(H,25,29). The van der Waals surface area contributed by atoms with E-state index in [-0.39, 0.29) is 24.8 Å². The van der Waals surface area contributed by atoms with Gasteiger partial charge in [-0.2, -0.15) is 5.10 Å². The molecule has 8 nitrogen and oxygen atoms in total. The number of ether oxygens (including phenoxy) is 2. The number of rotatable bonds is 8. The minimum Gasteiger partial charge on any atom is -0.497 e. The lowest BCUT2D eigenvalue weighted by atomic mass is 10.1. The molecular formula is C23H24N4O4. The molecule has 2 N–H and O–H groups in total. The van der Waals surface area contributed by atoms with Crippen LogP contribution in [0.2, 0.25) is 0 Å². The van der Waals surface area contributed by atoms with E-state index in [0.717, 1.165) is 22.4 Å². The van der Waals surface area contributed by atoms with Crippen LogP contribution in [0.1, 0.15) is 23.7 Å². The van der Waals surface area contributed by atoms with E-state index >= 15 is 0 Å². The van der Waals surface area contributed by atoms with Crippen molar-refractivity contribution in [3.05, 3.63) is 65.9 Å². The van der Waals surface area contributed by atoms with Crippen LogP contribution in [-0.4, -0.2) is 35.8 Å². The monoisotopic (exact) mass is 420 g/mol. The maximum absolute atomic E-state index is 12.7. The lowest BCUT2D eigenvalue weighted by molar-refractivity contribution is -0.126. The van der Waals surface area contributed by atoms with E-state index < -0.39 is 6.04 Å². The fraction of sp³-hybridized carbons (Fsp3) is 0.261. The van der Waals surface area contributed by atoms with Crippen LogP contribution >= 0.6 is 0 Å². The van der Waals surface area contributed by atoms with Crippen molar-refractivity contribution in [3.63, 3.8) is 0 Å². The molecule has 2 amide bonds. The van der Waals surface area contributed by atoms with Crippen molar-refractivity contribution in [1.29, 1.82) is 0 Å². The van der Waals surface area contributed by atoms with Crippen molar-refractivity contribution in [2.24, 2.45) is 0 Å². The smallest absolute Gasteiger partial charge is 0.251 e. The molecule has 4 rings (SSSR count). The van der Waals surface area contributed by atoms with Gasteiger partial charge in [-0.15, -0.1) is 0 Å². The molecule has 0 bridgehead atoms. The predicted molar refractivity (Wildman–Crippen MR) is 116 cm³/mol. The largest absolute Gasteiger partial charge is 0.497 e. The number of aromatic nitrogens is 2. The lowest BCUT2D eigenvalue weighted by Gasteiger charge is -2.10. The Kier molecular flexibility index (Phi) is 5.99. The van der Waals surface area contributed by atoms with Crippen molar-refractivity contribution in [1.82, 2.24) is 15.1 Å². The first-order chi connectivity index (χ1) is 15.1. The van der Waals surface area contributed by atoms with E-state index in [4.69, 9.17) is 9.47 Å². The first-order valence-corrected chi connectivity index (χ1v) is 9.97. The first kappa shape index (κ1) is 20.6. The van der Waals surface area contributed by atoms with Crippen molar-refractivity contribution in [3.8, 4) is 16.9 Å². The van der Waals surface area contributed by atoms with Crippen LogP contribution in [0.5, 0.6) is 5.75 Å². The minimum atomic E-state index is -0.714. The van der Waals surface area contributed by atoms with Gasteiger partial charge in [-0.05, 0) is 23.3 Å². The van der Waals surface area contributed by atoms with E-state index in [1.807, 2.05) is 54.6 Å². The van der Waals surface area contributed by atoms with Crippen LogP contribution in [0.3, 0.4) is 0 Å². The van der Waals surface area contributed by atoms with Gasteiger partial charge in [0.15, 0.2) is 0 Å². The van der Waals surface area contributed by atoms with Gasteiger partial charge < -0.3 is 20.1 Å². The van der Waals surface area contributed by atoms with Gasteiger partial charge in [-0.25, -0.2) is 4.68 Å². The van der Waals surface area contributed by atoms with Gasteiger partial charge in [0.1, 0.15) is 17.6 Å². The zero-order valence-corrected chi connectivity index (χ0v) is 17.4. The number of nitrogens with one attached hydrogen (secondary N) is 2. The van der Waals surface area contributed by atoms with Gasteiger partial charge in [0.05, 0.1) is 25.8 Å². The van der Waals surface area contributed by atoms with E-state index in [1.54, 1.807) is 18.9 Å². The highest BCUT2D eigenvalue weighted by atomic mass is 16.5. The number of methoxy groups -OCH3 is 2. The van der Waals surface area contributed by atoms with Crippen LogP contribution in [-0.2, 0) is 27.5 Å². The van der Waals surface area contributed by atoms with Crippen LogP contribution in [0, 0.1) is 0 Å². The first-order valence-electron chi connectivity index (χ1n) is 9.97. The number of fused-ring (bicyclic) bond motifs is 1. The lowest BCUT2D eigenvalue weighted by Crippen LogP contribution is -2.28. The molecule has 1 atom stereocenters. The molecule has 0 spiro atoms. The predicted octanol–water partition coefficient (Wildman–Crippen LogP) is 2.90. The normalized spacial score (nSPS) is 14.8. The molecule has 0 radical (unpaired) electrons. The maximum atomic E-state index is 12.7. The van der Waals surface area contributed by atoms with Crippen molar-refractivity contribution >= 4 is 17.6 Å². The Morgan fingerprint density at radius 2 is 1.87 bits per heavy atom. The molecule has 8 heteroatoms. The molecule has 2 heterocycles. The zero-order valence-electron chi connectivity index (χ0n) is 17.4. The Labute approximate surface area is 180 Å². The van der Waals surface area contributed by atoms with Gasteiger partial charge in [0.25, 0.3) is 5.91 Å². The summed E-state index contributed by atoms with van der Waals surface area (Å²) >= 11 is 0. The Balaban J connectivity index is 1.56. The van der Waals surface area contributed by atoms with Crippen LogP contribution in [0.25, 0.3) is 11.1 Å². The molecule has 0 saturated carbocycles. The fourth-order valence-corrected chi connectivity index (χ4v) is 3.66. The molecule has 160 valence electrons. The van der Waals surface area contributed by atoms with E-state index in [1.165, 1.54) is 0 Å². The van der Waals surface area contributed by atoms with Crippen LogP contribution in [0.15, 0.2) is 54.6 Å².